The van der Waals surface area contributed by atoms with E-state index in [-0.39, 0.29) is 11.0 Å². The molecular formula is C25H26BrClN2O3S2. The van der Waals surface area contributed by atoms with Crippen LogP contribution in [-0.2, 0) is 16.3 Å². The maximum atomic E-state index is 11.7. The third-order valence-electron chi connectivity index (χ3n) is 6.04. The van der Waals surface area contributed by atoms with Crippen molar-refractivity contribution in [2.45, 2.75) is 37.2 Å². The third kappa shape index (κ3) is 5.51. The van der Waals surface area contributed by atoms with Gasteiger partial charge in [0.15, 0.2) is 15.6 Å². The number of aryl methyl sites for hydroxylation is 1. The average molecular weight is 582 g/mol. The van der Waals surface area contributed by atoms with E-state index in [4.69, 9.17) is 28.6 Å². The van der Waals surface area contributed by atoms with Crippen LogP contribution in [0.5, 0.6) is 5.75 Å². The molecule has 1 aliphatic rings. The van der Waals surface area contributed by atoms with Gasteiger partial charge in [-0.2, -0.15) is 0 Å². The molecule has 2 heterocycles. The molecule has 0 spiro atoms. The number of ether oxygens (including phenoxy) is 1. The number of piperidine rings is 1. The standard InChI is InChI=1S/C25H26BrClN2O3S2/c1-3-17-4-6-18(7-5-17)28-14-12-20(13-15-28)32-24-22(27)16-29(25(33)23(24)26)19-8-10-21(11-9-19)34(2,30)31/h4-11,16,20H,3,12-15H2,1-2H3. The lowest BCUT2D eigenvalue weighted by molar-refractivity contribution is 0.169. The van der Waals surface area contributed by atoms with Crippen LogP contribution >= 0.6 is 39.7 Å². The lowest BCUT2D eigenvalue weighted by Crippen LogP contribution is -2.38. The molecule has 0 N–H and O–H groups in total. The first-order chi connectivity index (χ1) is 16.2. The smallest absolute Gasteiger partial charge is 0.175 e. The van der Waals surface area contributed by atoms with Crippen molar-refractivity contribution in [3.63, 3.8) is 0 Å². The summed E-state index contributed by atoms with van der Waals surface area (Å²) in [6.07, 6.45) is 5.74. The zero-order chi connectivity index (χ0) is 24.5. The predicted octanol–water partition coefficient (Wildman–Crippen LogP) is 6.64. The van der Waals surface area contributed by atoms with Gasteiger partial charge < -0.3 is 14.2 Å². The van der Waals surface area contributed by atoms with Gasteiger partial charge in [0.05, 0.1) is 9.37 Å². The van der Waals surface area contributed by atoms with E-state index in [1.54, 1.807) is 35.0 Å². The second kappa shape index (κ2) is 10.4. The van der Waals surface area contributed by atoms with Gasteiger partial charge in [-0.3, -0.25) is 0 Å². The van der Waals surface area contributed by atoms with Gasteiger partial charge in [-0.15, -0.1) is 0 Å². The fourth-order valence-electron chi connectivity index (χ4n) is 4.03. The van der Waals surface area contributed by atoms with Crippen LogP contribution in [0, 0.1) is 4.64 Å². The Morgan fingerprint density at radius 1 is 1.06 bits per heavy atom. The van der Waals surface area contributed by atoms with Crippen molar-refractivity contribution >= 4 is 55.3 Å². The van der Waals surface area contributed by atoms with E-state index in [1.807, 2.05) is 0 Å². The summed E-state index contributed by atoms with van der Waals surface area (Å²) in [5, 5.41) is 0.435. The number of benzene rings is 2. The van der Waals surface area contributed by atoms with Gasteiger partial charge in [0.2, 0.25) is 0 Å². The van der Waals surface area contributed by atoms with Crippen LogP contribution < -0.4 is 9.64 Å². The molecule has 0 saturated carbocycles. The molecule has 0 unspecified atom stereocenters. The molecule has 0 amide bonds. The number of halogens is 2. The number of anilines is 1. The van der Waals surface area contributed by atoms with Crippen LogP contribution in [0.15, 0.2) is 64.1 Å². The largest absolute Gasteiger partial charge is 0.487 e. The summed E-state index contributed by atoms with van der Waals surface area (Å²) in [7, 11) is -3.27. The highest BCUT2D eigenvalue weighted by molar-refractivity contribution is 9.10. The molecule has 1 fully saturated rings. The van der Waals surface area contributed by atoms with Crippen LogP contribution in [0.25, 0.3) is 5.69 Å². The third-order valence-corrected chi connectivity index (χ3v) is 8.84. The minimum atomic E-state index is -3.27. The molecule has 2 aromatic carbocycles. The van der Waals surface area contributed by atoms with Crippen molar-refractivity contribution in [3.05, 3.63) is 74.4 Å². The Balaban J connectivity index is 1.48. The molecule has 9 heteroatoms. The van der Waals surface area contributed by atoms with Crippen molar-refractivity contribution < 1.29 is 13.2 Å². The van der Waals surface area contributed by atoms with Crippen LogP contribution in [0.1, 0.15) is 25.3 Å². The molecule has 0 bridgehead atoms. The highest BCUT2D eigenvalue weighted by Crippen LogP contribution is 2.37. The molecule has 0 radical (unpaired) electrons. The second-order valence-electron chi connectivity index (χ2n) is 8.39. The number of hydrogen-bond donors (Lipinski definition) is 0. The Kier molecular flexibility index (Phi) is 7.72. The van der Waals surface area contributed by atoms with Crippen LogP contribution in [0.4, 0.5) is 5.69 Å². The molecular weight excluding hydrogens is 556 g/mol. The summed E-state index contributed by atoms with van der Waals surface area (Å²) in [4.78, 5) is 2.63. The monoisotopic (exact) mass is 580 g/mol. The summed E-state index contributed by atoms with van der Waals surface area (Å²) in [5.41, 5.74) is 3.30. The maximum Gasteiger partial charge on any atom is 0.175 e. The van der Waals surface area contributed by atoms with E-state index >= 15 is 0 Å². The molecule has 0 aliphatic carbocycles. The summed E-state index contributed by atoms with van der Waals surface area (Å²) in [5.74, 6) is 0.543. The molecule has 0 atom stereocenters. The van der Waals surface area contributed by atoms with E-state index in [0.717, 1.165) is 32.4 Å². The van der Waals surface area contributed by atoms with Gasteiger partial charge in [-0.25, -0.2) is 8.42 Å². The fourth-order valence-corrected chi connectivity index (χ4v) is 5.76. The van der Waals surface area contributed by atoms with E-state index in [1.165, 1.54) is 17.5 Å². The molecule has 4 rings (SSSR count). The van der Waals surface area contributed by atoms with E-state index < -0.39 is 9.84 Å². The van der Waals surface area contributed by atoms with Crippen molar-refractivity contribution in [2.75, 3.05) is 24.2 Å². The van der Waals surface area contributed by atoms with Crippen molar-refractivity contribution in [3.8, 4) is 11.4 Å². The highest BCUT2D eigenvalue weighted by Gasteiger charge is 2.23. The van der Waals surface area contributed by atoms with Crippen LogP contribution in [-0.4, -0.2) is 38.4 Å². The molecule has 3 aromatic rings. The second-order valence-corrected chi connectivity index (χ2v) is 12.0. The molecule has 1 aliphatic heterocycles. The minimum absolute atomic E-state index is 0.0410. The topological polar surface area (TPSA) is 51.5 Å². The van der Waals surface area contributed by atoms with Gasteiger partial charge in [-0.05, 0) is 64.3 Å². The Hall–Kier alpha value is -1.87. The molecule has 1 saturated heterocycles. The SMILES string of the molecule is CCc1ccc(N2CCC(Oc3c(Cl)cn(-c4ccc(S(C)(=O)=O)cc4)c(=S)c3Br)CC2)cc1. The van der Waals surface area contributed by atoms with Gasteiger partial charge >= 0.3 is 0 Å². The lowest BCUT2D eigenvalue weighted by atomic mass is 10.1. The number of pyridine rings is 1. The summed E-state index contributed by atoms with van der Waals surface area (Å²) >= 11 is 15.8. The summed E-state index contributed by atoms with van der Waals surface area (Å²) < 4.78 is 32.6. The summed E-state index contributed by atoms with van der Waals surface area (Å²) in [6, 6.07) is 15.3. The predicted molar refractivity (Wildman–Crippen MR) is 144 cm³/mol. The first kappa shape index (κ1) is 25.2. The van der Waals surface area contributed by atoms with Crippen LogP contribution in [0.2, 0.25) is 5.02 Å². The van der Waals surface area contributed by atoms with E-state index in [2.05, 4.69) is 52.0 Å². The van der Waals surface area contributed by atoms with Gasteiger partial charge in [0.25, 0.3) is 0 Å². The molecule has 1 aromatic heterocycles. The quantitative estimate of drug-likeness (QED) is 0.306. The zero-order valence-electron chi connectivity index (χ0n) is 19.0. The van der Waals surface area contributed by atoms with Crippen molar-refractivity contribution in [2.24, 2.45) is 0 Å². The van der Waals surface area contributed by atoms with Crippen molar-refractivity contribution in [1.29, 1.82) is 0 Å². The average Bonchev–Trinajstić information content (AvgIpc) is 2.84. The number of rotatable bonds is 6. The number of aromatic nitrogens is 1. The molecule has 180 valence electrons. The normalized spacial score (nSPS) is 14.9. The number of sulfone groups is 1. The van der Waals surface area contributed by atoms with Gasteiger partial charge in [0.1, 0.15) is 15.8 Å². The first-order valence-electron chi connectivity index (χ1n) is 11.1. The summed E-state index contributed by atoms with van der Waals surface area (Å²) in [6.45, 7) is 3.98. The maximum absolute atomic E-state index is 11.7. The van der Waals surface area contributed by atoms with E-state index in [9.17, 15) is 8.42 Å². The van der Waals surface area contributed by atoms with Crippen LogP contribution in [0.3, 0.4) is 0 Å². The zero-order valence-corrected chi connectivity index (χ0v) is 23.0. The number of nitrogens with zero attached hydrogens (tertiary/aromatic N) is 2. The molecule has 34 heavy (non-hydrogen) atoms. The van der Waals surface area contributed by atoms with E-state index in [0.29, 0.717) is 25.6 Å². The van der Waals surface area contributed by atoms with Gasteiger partial charge in [-0.1, -0.05) is 42.9 Å². The highest BCUT2D eigenvalue weighted by atomic mass is 79.9. The number of hydrogen-bond acceptors (Lipinski definition) is 5. The first-order valence-corrected chi connectivity index (χ1v) is 14.6. The fraction of sp³-hybridized carbons (Fsp3) is 0.320. The van der Waals surface area contributed by atoms with Crippen molar-refractivity contribution in [1.82, 2.24) is 4.57 Å². The van der Waals surface area contributed by atoms with Gasteiger partial charge in [0, 0.05) is 49.8 Å². The Morgan fingerprint density at radius 2 is 1.65 bits per heavy atom. The Labute approximate surface area is 219 Å². The molecule has 5 nitrogen and oxygen atoms in total. The Morgan fingerprint density at radius 3 is 2.21 bits per heavy atom. The minimum Gasteiger partial charge on any atom is -0.487 e. The Bertz CT molecular complexity index is 1330. The lowest BCUT2D eigenvalue weighted by Gasteiger charge is -2.34.